The molecule has 0 spiro atoms. The number of nitrogens with zero attached hydrogens (tertiary/aromatic N) is 1. The van der Waals surface area contributed by atoms with E-state index < -0.39 is 0 Å². The number of ether oxygens (including phenoxy) is 1. The summed E-state index contributed by atoms with van der Waals surface area (Å²) in [6.45, 7) is 7.24. The zero-order chi connectivity index (χ0) is 11.2. The van der Waals surface area contributed by atoms with Crippen LogP contribution in [-0.4, -0.2) is 0 Å². The number of rotatable bonds is 3. The average Bonchev–Trinajstić information content (AvgIpc) is 2.33. The van der Waals surface area contributed by atoms with Crippen molar-refractivity contribution in [3.8, 4) is 11.5 Å². The highest BCUT2D eigenvalue weighted by Gasteiger charge is 2.05. The summed E-state index contributed by atoms with van der Waals surface area (Å²) in [5, 5.41) is 0. The van der Waals surface area contributed by atoms with E-state index >= 15 is 0 Å². The second-order valence-electron chi connectivity index (χ2n) is 3.34. The molecule has 0 atom stereocenters. The molecule has 0 radical (unpaired) electrons. The molecule has 0 unspecified atom stereocenters. The van der Waals surface area contributed by atoms with E-state index in [4.69, 9.17) is 11.3 Å². The van der Waals surface area contributed by atoms with Crippen LogP contribution >= 0.6 is 0 Å². The molecule has 2 nitrogen and oxygen atoms in total. The summed E-state index contributed by atoms with van der Waals surface area (Å²) in [6.07, 6.45) is 0. The highest BCUT2D eigenvalue weighted by molar-refractivity contribution is 5.38. The minimum atomic E-state index is 0.350. The monoisotopic (exact) mass is 209 g/mol. The lowest BCUT2D eigenvalue weighted by Gasteiger charge is -2.07. The third-order valence-corrected chi connectivity index (χ3v) is 2.19. The third kappa shape index (κ3) is 2.40. The maximum atomic E-state index is 6.89. The lowest BCUT2D eigenvalue weighted by atomic mass is 10.2. The van der Waals surface area contributed by atoms with Gasteiger partial charge in [0.05, 0.1) is 5.56 Å². The topological polar surface area (TPSA) is 13.6 Å². The molecule has 0 N–H and O–H groups in total. The lowest BCUT2D eigenvalue weighted by molar-refractivity contribution is 0.477. The summed E-state index contributed by atoms with van der Waals surface area (Å²) < 4.78 is 5.72. The molecule has 2 rings (SSSR count). The Morgan fingerprint density at radius 2 is 1.62 bits per heavy atom. The molecule has 0 heterocycles. The Morgan fingerprint density at radius 1 is 0.938 bits per heavy atom. The van der Waals surface area contributed by atoms with Crippen LogP contribution in [-0.2, 0) is 6.54 Å². The van der Waals surface area contributed by atoms with Crippen molar-refractivity contribution in [1.82, 2.24) is 0 Å². The largest absolute Gasteiger partial charge is 0.457 e. The number of hydrogen-bond acceptors (Lipinski definition) is 1. The van der Waals surface area contributed by atoms with E-state index in [1.165, 1.54) is 0 Å². The zero-order valence-corrected chi connectivity index (χ0v) is 8.76. The third-order valence-electron chi connectivity index (χ3n) is 2.19. The molecule has 0 aromatic heterocycles. The Morgan fingerprint density at radius 3 is 2.38 bits per heavy atom. The van der Waals surface area contributed by atoms with Crippen LogP contribution in [0.15, 0.2) is 54.6 Å². The van der Waals surface area contributed by atoms with Gasteiger partial charge in [0.1, 0.15) is 11.5 Å². The standard InChI is InChI=1S/C14H11NO/c1-15-11-12-7-5-6-10-14(12)16-13-8-3-2-4-9-13/h2-10H,11H2. The predicted molar refractivity (Wildman–Crippen MR) is 63.3 cm³/mol. The van der Waals surface area contributed by atoms with Crippen LogP contribution in [0.4, 0.5) is 0 Å². The lowest BCUT2D eigenvalue weighted by Crippen LogP contribution is -1.89. The van der Waals surface area contributed by atoms with Crippen molar-refractivity contribution in [2.24, 2.45) is 0 Å². The van der Waals surface area contributed by atoms with Crippen LogP contribution in [0.5, 0.6) is 11.5 Å². The first-order chi connectivity index (χ1) is 7.90. The van der Waals surface area contributed by atoms with Gasteiger partial charge in [0.2, 0.25) is 6.54 Å². The Bertz CT molecular complexity index is 500. The number of hydrogen-bond donors (Lipinski definition) is 0. The van der Waals surface area contributed by atoms with Crippen LogP contribution in [0, 0.1) is 6.57 Å². The Kier molecular flexibility index (Phi) is 3.20. The van der Waals surface area contributed by atoms with Crippen molar-refractivity contribution < 1.29 is 4.74 Å². The van der Waals surface area contributed by atoms with Gasteiger partial charge in [-0.2, -0.15) is 0 Å². The summed E-state index contributed by atoms with van der Waals surface area (Å²) in [5.74, 6) is 1.55. The Balaban J connectivity index is 2.25. The van der Waals surface area contributed by atoms with Gasteiger partial charge in [0.25, 0.3) is 0 Å². The van der Waals surface area contributed by atoms with Crippen molar-refractivity contribution in [3.05, 3.63) is 71.6 Å². The van der Waals surface area contributed by atoms with Crippen LogP contribution in [0.3, 0.4) is 0 Å². The Labute approximate surface area is 94.9 Å². The van der Waals surface area contributed by atoms with Crippen LogP contribution in [0.25, 0.3) is 4.85 Å². The fourth-order valence-corrected chi connectivity index (χ4v) is 1.43. The van der Waals surface area contributed by atoms with Crippen LogP contribution < -0.4 is 4.74 Å². The second-order valence-corrected chi connectivity index (χ2v) is 3.34. The van der Waals surface area contributed by atoms with Gasteiger partial charge < -0.3 is 9.58 Å². The van der Waals surface area contributed by atoms with Crippen molar-refractivity contribution >= 4 is 0 Å². The average molecular weight is 209 g/mol. The SMILES string of the molecule is [C-]#[N+]Cc1ccccc1Oc1ccccc1. The van der Waals surface area contributed by atoms with E-state index in [2.05, 4.69) is 4.85 Å². The molecule has 0 fully saturated rings. The highest BCUT2D eigenvalue weighted by atomic mass is 16.5. The van der Waals surface area contributed by atoms with Crippen molar-refractivity contribution in [3.63, 3.8) is 0 Å². The number of benzene rings is 2. The molecule has 0 aliphatic carbocycles. The van der Waals surface area contributed by atoms with E-state index in [-0.39, 0.29) is 0 Å². The van der Waals surface area contributed by atoms with E-state index in [0.29, 0.717) is 6.54 Å². The fraction of sp³-hybridized carbons (Fsp3) is 0.0714. The predicted octanol–water partition coefficient (Wildman–Crippen LogP) is 3.90. The summed E-state index contributed by atoms with van der Waals surface area (Å²) in [4.78, 5) is 3.38. The maximum Gasteiger partial charge on any atom is 0.243 e. The summed E-state index contributed by atoms with van der Waals surface area (Å²) in [7, 11) is 0. The van der Waals surface area contributed by atoms with E-state index in [1.807, 2.05) is 54.6 Å². The van der Waals surface area contributed by atoms with Gasteiger partial charge in [0, 0.05) is 0 Å². The zero-order valence-electron chi connectivity index (χ0n) is 8.76. The smallest absolute Gasteiger partial charge is 0.243 e. The van der Waals surface area contributed by atoms with Crippen LogP contribution in [0.2, 0.25) is 0 Å². The molecule has 2 aromatic rings. The molecule has 0 saturated carbocycles. The van der Waals surface area contributed by atoms with Crippen LogP contribution in [0.1, 0.15) is 5.56 Å². The molecule has 0 bridgehead atoms. The van der Waals surface area contributed by atoms with Gasteiger partial charge in [-0.3, -0.25) is 0 Å². The van der Waals surface area contributed by atoms with Crippen molar-refractivity contribution in [2.45, 2.75) is 6.54 Å². The molecule has 0 saturated heterocycles. The highest BCUT2D eigenvalue weighted by Crippen LogP contribution is 2.25. The maximum absolute atomic E-state index is 6.89. The minimum absolute atomic E-state index is 0.350. The van der Waals surface area contributed by atoms with Gasteiger partial charge in [-0.1, -0.05) is 30.3 Å². The fourth-order valence-electron chi connectivity index (χ4n) is 1.43. The summed E-state index contributed by atoms with van der Waals surface area (Å²) in [6, 6.07) is 17.2. The summed E-state index contributed by atoms with van der Waals surface area (Å²) in [5.41, 5.74) is 0.918. The van der Waals surface area contributed by atoms with E-state index in [0.717, 1.165) is 17.1 Å². The molecule has 16 heavy (non-hydrogen) atoms. The molecule has 0 aliphatic heterocycles. The molecular formula is C14H11NO. The normalized spacial score (nSPS) is 9.44. The summed E-state index contributed by atoms with van der Waals surface area (Å²) >= 11 is 0. The number of para-hydroxylation sites is 2. The van der Waals surface area contributed by atoms with Crippen molar-refractivity contribution in [2.75, 3.05) is 0 Å². The first-order valence-electron chi connectivity index (χ1n) is 5.04. The van der Waals surface area contributed by atoms with Crippen molar-refractivity contribution in [1.29, 1.82) is 0 Å². The molecule has 2 aromatic carbocycles. The van der Waals surface area contributed by atoms with Gasteiger partial charge in [-0.15, -0.1) is 0 Å². The first-order valence-corrected chi connectivity index (χ1v) is 5.04. The van der Waals surface area contributed by atoms with Gasteiger partial charge >= 0.3 is 0 Å². The van der Waals surface area contributed by atoms with Gasteiger partial charge in [-0.25, -0.2) is 6.57 Å². The molecule has 0 aliphatic rings. The molecule has 2 heteroatoms. The molecule has 78 valence electrons. The second kappa shape index (κ2) is 4.99. The molecular weight excluding hydrogens is 198 g/mol. The quantitative estimate of drug-likeness (QED) is 0.699. The minimum Gasteiger partial charge on any atom is -0.457 e. The van der Waals surface area contributed by atoms with E-state index in [1.54, 1.807) is 0 Å². The Hall–Kier alpha value is -2.27. The van der Waals surface area contributed by atoms with E-state index in [9.17, 15) is 0 Å². The first kappa shape index (κ1) is 10.3. The van der Waals surface area contributed by atoms with Gasteiger partial charge in [-0.05, 0) is 24.3 Å². The van der Waals surface area contributed by atoms with Gasteiger partial charge in [0.15, 0.2) is 0 Å². The molecule has 0 amide bonds.